The molecule has 0 saturated heterocycles. The van der Waals surface area contributed by atoms with Crippen LogP contribution in [-0.4, -0.2) is 38.7 Å². The molecule has 0 fully saturated rings. The van der Waals surface area contributed by atoms with Crippen molar-refractivity contribution in [3.63, 3.8) is 0 Å². The van der Waals surface area contributed by atoms with Crippen LogP contribution in [0, 0.1) is 0 Å². The van der Waals surface area contributed by atoms with Gasteiger partial charge >= 0.3 is 6.18 Å². The van der Waals surface area contributed by atoms with Crippen LogP contribution in [-0.2, 0) is 17.5 Å². The van der Waals surface area contributed by atoms with Crippen LogP contribution in [0.4, 0.5) is 13.2 Å². The van der Waals surface area contributed by atoms with E-state index >= 15 is 0 Å². The predicted molar refractivity (Wildman–Crippen MR) is 75.2 cm³/mol. The quantitative estimate of drug-likeness (QED) is 0.871. The lowest BCUT2D eigenvalue weighted by molar-refractivity contribution is -0.137. The van der Waals surface area contributed by atoms with E-state index in [1.165, 1.54) is 16.8 Å². The number of halogens is 3. The number of rotatable bonds is 5. The van der Waals surface area contributed by atoms with E-state index in [4.69, 9.17) is 5.11 Å². The number of hydrogen-bond donors (Lipinski definition) is 2. The molecule has 0 unspecified atom stereocenters. The molecule has 9 heteroatoms. The lowest BCUT2D eigenvalue weighted by Crippen LogP contribution is -2.37. The van der Waals surface area contributed by atoms with Crippen molar-refractivity contribution in [2.45, 2.75) is 25.7 Å². The third kappa shape index (κ3) is 4.52. The highest BCUT2D eigenvalue weighted by Crippen LogP contribution is 2.30. The minimum Gasteiger partial charge on any atom is -0.387 e. The van der Waals surface area contributed by atoms with Crippen LogP contribution in [0.15, 0.2) is 30.5 Å². The largest absolute Gasteiger partial charge is 0.416 e. The first-order valence-corrected chi connectivity index (χ1v) is 6.77. The fourth-order valence-electron chi connectivity index (χ4n) is 2.00. The second-order valence-electron chi connectivity index (χ2n) is 5.03. The highest BCUT2D eigenvalue weighted by Gasteiger charge is 2.30. The lowest BCUT2D eigenvalue weighted by atomic mass is 10.1. The molecule has 124 valence electrons. The van der Waals surface area contributed by atoms with Gasteiger partial charge in [-0.25, -0.2) is 4.68 Å². The Morgan fingerprint density at radius 1 is 1.35 bits per heavy atom. The van der Waals surface area contributed by atoms with Crippen LogP contribution in [0.2, 0.25) is 0 Å². The van der Waals surface area contributed by atoms with E-state index in [1.54, 1.807) is 13.1 Å². The van der Waals surface area contributed by atoms with Crippen LogP contribution >= 0.6 is 0 Å². The van der Waals surface area contributed by atoms with Gasteiger partial charge in [-0.1, -0.05) is 17.3 Å². The molecule has 1 atom stereocenters. The van der Waals surface area contributed by atoms with Crippen LogP contribution in [0.5, 0.6) is 0 Å². The van der Waals surface area contributed by atoms with Crippen molar-refractivity contribution in [1.82, 2.24) is 20.3 Å². The maximum absolute atomic E-state index is 12.5. The van der Waals surface area contributed by atoms with Crippen molar-refractivity contribution >= 4 is 5.91 Å². The van der Waals surface area contributed by atoms with Crippen LogP contribution in [0.1, 0.15) is 12.5 Å². The van der Waals surface area contributed by atoms with E-state index in [2.05, 4.69) is 15.6 Å². The first-order chi connectivity index (χ1) is 10.8. The van der Waals surface area contributed by atoms with Gasteiger partial charge in [-0.05, 0) is 19.1 Å². The standard InChI is InChI=1S/C14H15F3N4O2/c1-9(18-13(23)8-22)6-21-7-12(19-20-21)10-2-4-11(5-3-10)14(15,16)17/h2-5,7,9,22H,6,8H2,1H3,(H,18,23)/t9-/m1/s1. The summed E-state index contributed by atoms with van der Waals surface area (Å²) in [4.78, 5) is 11.1. The third-order valence-electron chi connectivity index (χ3n) is 3.06. The maximum Gasteiger partial charge on any atom is 0.416 e. The Balaban J connectivity index is 2.05. The average Bonchev–Trinajstić information content (AvgIpc) is 2.94. The van der Waals surface area contributed by atoms with Crippen molar-refractivity contribution in [1.29, 1.82) is 0 Å². The molecule has 1 amide bonds. The van der Waals surface area contributed by atoms with E-state index in [0.717, 1.165) is 12.1 Å². The second kappa shape index (κ2) is 6.78. The van der Waals surface area contributed by atoms with Crippen LogP contribution in [0.3, 0.4) is 0 Å². The Labute approximate surface area is 129 Å². The Morgan fingerprint density at radius 2 is 2.00 bits per heavy atom. The molecular weight excluding hydrogens is 313 g/mol. The molecule has 1 heterocycles. The molecule has 0 aliphatic carbocycles. The molecule has 1 aromatic heterocycles. The number of aliphatic hydroxyl groups excluding tert-OH is 1. The summed E-state index contributed by atoms with van der Waals surface area (Å²) in [6, 6.07) is 4.34. The van der Waals surface area contributed by atoms with Gasteiger partial charge in [0.05, 0.1) is 18.3 Å². The summed E-state index contributed by atoms with van der Waals surface area (Å²) in [6.45, 7) is 1.45. The summed E-state index contributed by atoms with van der Waals surface area (Å²) in [5, 5.41) is 19.0. The monoisotopic (exact) mass is 328 g/mol. The Kier molecular flexibility index (Phi) is 4.99. The van der Waals surface area contributed by atoms with Gasteiger partial charge in [0.1, 0.15) is 12.3 Å². The van der Waals surface area contributed by atoms with E-state index in [-0.39, 0.29) is 6.04 Å². The normalized spacial score (nSPS) is 12.9. The zero-order valence-electron chi connectivity index (χ0n) is 12.2. The zero-order chi connectivity index (χ0) is 17.0. The van der Waals surface area contributed by atoms with Crippen molar-refractivity contribution in [3.8, 4) is 11.3 Å². The third-order valence-corrected chi connectivity index (χ3v) is 3.06. The fourth-order valence-corrected chi connectivity index (χ4v) is 2.00. The van der Waals surface area contributed by atoms with Gasteiger partial charge in [0.15, 0.2) is 0 Å². The molecule has 0 aliphatic rings. The van der Waals surface area contributed by atoms with Gasteiger partial charge in [-0.2, -0.15) is 13.2 Å². The SMILES string of the molecule is C[C@H](Cn1cc(-c2ccc(C(F)(F)F)cc2)nn1)NC(=O)CO. The van der Waals surface area contributed by atoms with Crippen molar-refractivity contribution in [2.75, 3.05) is 6.61 Å². The fraction of sp³-hybridized carbons (Fsp3) is 0.357. The molecule has 2 rings (SSSR count). The number of amides is 1. The Bertz CT molecular complexity index is 667. The molecule has 2 N–H and O–H groups in total. The highest BCUT2D eigenvalue weighted by molar-refractivity contribution is 5.77. The van der Waals surface area contributed by atoms with Crippen LogP contribution < -0.4 is 5.32 Å². The summed E-state index contributed by atoms with van der Waals surface area (Å²) in [5.74, 6) is -0.499. The maximum atomic E-state index is 12.5. The molecule has 0 aliphatic heterocycles. The number of nitrogens with one attached hydrogen (secondary N) is 1. The zero-order valence-corrected chi connectivity index (χ0v) is 12.2. The van der Waals surface area contributed by atoms with E-state index < -0.39 is 24.3 Å². The topological polar surface area (TPSA) is 80.0 Å². The number of aliphatic hydroxyl groups is 1. The molecule has 0 radical (unpaired) electrons. The number of nitrogens with zero attached hydrogens (tertiary/aromatic N) is 3. The van der Waals surface area contributed by atoms with Gasteiger partial charge in [-0.3, -0.25) is 4.79 Å². The van der Waals surface area contributed by atoms with Gasteiger partial charge in [0, 0.05) is 11.6 Å². The summed E-state index contributed by atoms with van der Waals surface area (Å²) in [7, 11) is 0. The molecule has 23 heavy (non-hydrogen) atoms. The Hall–Kier alpha value is -2.42. The average molecular weight is 328 g/mol. The van der Waals surface area contributed by atoms with Gasteiger partial charge < -0.3 is 10.4 Å². The van der Waals surface area contributed by atoms with Crippen LogP contribution in [0.25, 0.3) is 11.3 Å². The minimum absolute atomic E-state index is 0.281. The van der Waals surface area contributed by atoms with E-state index in [1.807, 2.05) is 0 Å². The summed E-state index contributed by atoms with van der Waals surface area (Å²) in [6.07, 6.45) is -2.80. The molecular formula is C14H15F3N4O2. The number of aromatic nitrogens is 3. The molecule has 0 spiro atoms. The number of benzene rings is 1. The second-order valence-corrected chi connectivity index (χ2v) is 5.03. The van der Waals surface area contributed by atoms with Crippen molar-refractivity contribution in [2.24, 2.45) is 0 Å². The molecule has 6 nitrogen and oxygen atoms in total. The van der Waals surface area contributed by atoms with Gasteiger partial charge in [-0.15, -0.1) is 5.10 Å². The van der Waals surface area contributed by atoms with Crippen molar-refractivity contribution in [3.05, 3.63) is 36.0 Å². The predicted octanol–water partition coefficient (Wildman–Crippen LogP) is 1.46. The first-order valence-electron chi connectivity index (χ1n) is 6.77. The lowest BCUT2D eigenvalue weighted by Gasteiger charge is -2.12. The summed E-state index contributed by atoms with van der Waals surface area (Å²) >= 11 is 0. The number of hydrogen-bond acceptors (Lipinski definition) is 4. The molecule has 0 bridgehead atoms. The highest BCUT2D eigenvalue weighted by atomic mass is 19.4. The van der Waals surface area contributed by atoms with Gasteiger partial charge in [0.2, 0.25) is 5.91 Å². The van der Waals surface area contributed by atoms with E-state index in [9.17, 15) is 18.0 Å². The molecule has 2 aromatic rings. The first kappa shape index (κ1) is 16.9. The van der Waals surface area contributed by atoms with Gasteiger partial charge in [0.25, 0.3) is 0 Å². The molecule has 0 saturated carbocycles. The smallest absolute Gasteiger partial charge is 0.387 e. The summed E-state index contributed by atoms with van der Waals surface area (Å²) in [5.41, 5.74) is 0.213. The van der Waals surface area contributed by atoms with E-state index in [0.29, 0.717) is 17.8 Å². The Morgan fingerprint density at radius 3 is 2.57 bits per heavy atom. The molecule has 1 aromatic carbocycles. The number of alkyl halides is 3. The number of carbonyl (C=O) groups is 1. The minimum atomic E-state index is -4.38. The number of carbonyl (C=O) groups excluding carboxylic acids is 1. The summed E-state index contributed by atoms with van der Waals surface area (Å²) < 4.78 is 39.0. The van der Waals surface area contributed by atoms with Crippen molar-refractivity contribution < 1.29 is 23.1 Å².